The Bertz CT molecular complexity index is 705. The van der Waals surface area contributed by atoms with Crippen LogP contribution in [0.15, 0.2) is 17.2 Å². The number of fused-ring (bicyclic) bond motifs is 1. The van der Waals surface area contributed by atoms with E-state index in [4.69, 9.17) is 4.74 Å². The predicted octanol–water partition coefficient (Wildman–Crippen LogP) is 3.31. The van der Waals surface area contributed by atoms with Gasteiger partial charge >= 0.3 is 5.97 Å². The fourth-order valence-electron chi connectivity index (χ4n) is 2.20. The van der Waals surface area contributed by atoms with Gasteiger partial charge in [0.1, 0.15) is 10.9 Å². The second-order valence-electron chi connectivity index (χ2n) is 5.29. The Morgan fingerprint density at radius 3 is 2.86 bits per heavy atom. The van der Waals surface area contributed by atoms with Crippen LogP contribution in [-0.2, 0) is 16.0 Å². The molecule has 2 aromatic rings. The van der Waals surface area contributed by atoms with Gasteiger partial charge in [0.05, 0.1) is 18.3 Å². The van der Waals surface area contributed by atoms with Crippen LogP contribution in [0.4, 0.5) is 0 Å². The first-order valence-electron chi connectivity index (χ1n) is 7.74. The molecule has 6 heteroatoms. The van der Waals surface area contributed by atoms with Crippen LogP contribution in [0.25, 0.3) is 10.2 Å². The number of hydrogen-bond donors (Lipinski definition) is 0. The average molecular weight is 322 g/mol. The highest BCUT2D eigenvalue weighted by atomic mass is 32.1. The molecule has 1 unspecified atom stereocenters. The fourth-order valence-corrected chi connectivity index (χ4v) is 3.12. The molecule has 0 N–H and O–H groups in total. The van der Waals surface area contributed by atoms with Crippen molar-refractivity contribution in [2.75, 3.05) is 6.61 Å². The van der Waals surface area contributed by atoms with E-state index >= 15 is 0 Å². The molecule has 0 radical (unpaired) electrons. The topological polar surface area (TPSA) is 61.2 Å². The molecule has 5 nitrogen and oxygen atoms in total. The van der Waals surface area contributed by atoms with Crippen LogP contribution < -0.4 is 5.56 Å². The van der Waals surface area contributed by atoms with Gasteiger partial charge in [0.25, 0.3) is 5.56 Å². The lowest BCUT2D eigenvalue weighted by molar-refractivity contribution is -0.147. The lowest BCUT2D eigenvalue weighted by Gasteiger charge is -2.13. The van der Waals surface area contributed by atoms with Gasteiger partial charge in [-0.05, 0) is 25.8 Å². The van der Waals surface area contributed by atoms with Gasteiger partial charge in [-0.2, -0.15) is 0 Å². The summed E-state index contributed by atoms with van der Waals surface area (Å²) in [5, 5.41) is 0.579. The van der Waals surface area contributed by atoms with Crippen LogP contribution in [0, 0.1) is 0 Å². The largest absolute Gasteiger partial charge is 0.464 e. The van der Waals surface area contributed by atoms with Gasteiger partial charge in [-0.15, -0.1) is 11.3 Å². The van der Waals surface area contributed by atoms with E-state index in [-0.39, 0.29) is 11.5 Å². The van der Waals surface area contributed by atoms with Crippen molar-refractivity contribution in [1.82, 2.24) is 9.55 Å². The van der Waals surface area contributed by atoms with Crippen molar-refractivity contribution in [3.05, 3.63) is 27.6 Å². The Labute approximate surface area is 133 Å². The summed E-state index contributed by atoms with van der Waals surface area (Å²) < 4.78 is 6.59. The third kappa shape index (κ3) is 3.55. The number of thiophene rings is 1. The van der Waals surface area contributed by atoms with Crippen LogP contribution in [0.5, 0.6) is 0 Å². The van der Waals surface area contributed by atoms with E-state index in [1.165, 1.54) is 22.2 Å². The normalized spacial score (nSPS) is 12.5. The maximum atomic E-state index is 12.5. The summed E-state index contributed by atoms with van der Waals surface area (Å²) in [6.07, 6.45) is 5.27. The van der Waals surface area contributed by atoms with E-state index in [0.717, 1.165) is 35.4 Å². The lowest BCUT2D eigenvalue weighted by atomic mass is 10.2. The number of aryl methyl sites for hydroxylation is 1. The Morgan fingerprint density at radius 1 is 1.41 bits per heavy atom. The molecule has 2 heterocycles. The zero-order valence-corrected chi connectivity index (χ0v) is 14.1. The Morgan fingerprint density at radius 2 is 2.18 bits per heavy atom. The number of nitrogens with zero attached hydrogens (tertiary/aromatic N) is 2. The van der Waals surface area contributed by atoms with Crippen molar-refractivity contribution in [2.45, 2.75) is 52.5 Å². The molecule has 0 aliphatic heterocycles. The van der Waals surface area contributed by atoms with E-state index in [1.807, 2.05) is 13.0 Å². The highest BCUT2D eigenvalue weighted by Gasteiger charge is 2.19. The molecule has 120 valence electrons. The summed E-state index contributed by atoms with van der Waals surface area (Å²) in [5.74, 6) is -0.384. The van der Waals surface area contributed by atoms with Gasteiger partial charge in [0, 0.05) is 4.88 Å². The zero-order chi connectivity index (χ0) is 16.1. The Hall–Kier alpha value is -1.69. The zero-order valence-electron chi connectivity index (χ0n) is 13.3. The van der Waals surface area contributed by atoms with Crippen LogP contribution in [0.3, 0.4) is 0 Å². The van der Waals surface area contributed by atoms with Crippen molar-refractivity contribution >= 4 is 27.5 Å². The van der Waals surface area contributed by atoms with Crippen molar-refractivity contribution < 1.29 is 9.53 Å². The number of hydrogen-bond acceptors (Lipinski definition) is 5. The number of ether oxygens (including phenoxy) is 1. The van der Waals surface area contributed by atoms with Crippen LogP contribution in [0.1, 0.15) is 51.0 Å². The molecule has 0 saturated carbocycles. The molecule has 0 aromatic carbocycles. The second kappa shape index (κ2) is 7.54. The fraction of sp³-hybridized carbons (Fsp3) is 0.562. The van der Waals surface area contributed by atoms with Crippen molar-refractivity contribution in [3.8, 4) is 0 Å². The van der Waals surface area contributed by atoms with E-state index in [1.54, 1.807) is 6.92 Å². The first-order valence-corrected chi connectivity index (χ1v) is 8.56. The van der Waals surface area contributed by atoms with Crippen molar-refractivity contribution in [3.63, 3.8) is 0 Å². The number of rotatable bonds is 7. The first-order chi connectivity index (χ1) is 10.6. The SMILES string of the molecule is CCCCCOC(=O)C(C)n1cnc2sc(CC)cc2c1=O. The molecular weight excluding hydrogens is 300 g/mol. The molecule has 0 bridgehead atoms. The van der Waals surface area contributed by atoms with Crippen LogP contribution >= 0.6 is 11.3 Å². The molecule has 0 aliphatic rings. The molecule has 22 heavy (non-hydrogen) atoms. The quantitative estimate of drug-likeness (QED) is 0.579. The third-order valence-corrected chi connectivity index (χ3v) is 4.81. The monoisotopic (exact) mass is 322 g/mol. The molecule has 0 aliphatic carbocycles. The number of esters is 1. The summed E-state index contributed by atoms with van der Waals surface area (Å²) in [6.45, 7) is 6.21. The summed E-state index contributed by atoms with van der Waals surface area (Å²) in [6, 6.07) is 1.21. The number of carbonyl (C=O) groups excluding carboxylic acids is 1. The maximum absolute atomic E-state index is 12.5. The Kier molecular flexibility index (Phi) is 5.71. The molecule has 0 spiro atoms. The van der Waals surface area contributed by atoms with Gasteiger partial charge in [-0.1, -0.05) is 26.7 Å². The summed E-state index contributed by atoms with van der Waals surface area (Å²) in [7, 11) is 0. The molecule has 2 aromatic heterocycles. The molecule has 1 atom stereocenters. The maximum Gasteiger partial charge on any atom is 0.328 e. The summed E-state index contributed by atoms with van der Waals surface area (Å²) in [5.41, 5.74) is -0.182. The smallest absolute Gasteiger partial charge is 0.328 e. The van der Waals surface area contributed by atoms with E-state index in [2.05, 4.69) is 11.9 Å². The lowest BCUT2D eigenvalue weighted by Crippen LogP contribution is -2.29. The minimum Gasteiger partial charge on any atom is -0.464 e. The van der Waals surface area contributed by atoms with Crippen LogP contribution in [-0.4, -0.2) is 22.1 Å². The first kappa shape index (κ1) is 16.7. The van der Waals surface area contributed by atoms with Gasteiger partial charge in [0.15, 0.2) is 0 Å². The number of aromatic nitrogens is 2. The molecule has 0 saturated heterocycles. The molecule has 0 fully saturated rings. The van der Waals surface area contributed by atoms with Gasteiger partial charge < -0.3 is 4.74 Å². The highest BCUT2D eigenvalue weighted by molar-refractivity contribution is 7.18. The van der Waals surface area contributed by atoms with Crippen molar-refractivity contribution in [2.24, 2.45) is 0 Å². The van der Waals surface area contributed by atoms with Gasteiger partial charge in [0.2, 0.25) is 0 Å². The minimum absolute atomic E-state index is 0.182. The molecular formula is C16H22N2O3S. The second-order valence-corrected chi connectivity index (χ2v) is 6.41. The molecule has 0 amide bonds. The van der Waals surface area contributed by atoms with Gasteiger partial charge in [-0.25, -0.2) is 9.78 Å². The predicted molar refractivity (Wildman–Crippen MR) is 88.5 cm³/mol. The Balaban J connectivity index is 2.17. The number of carbonyl (C=O) groups is 1. The summed E-state index contributed by atoms with van der Waals surface area (Å²) >= 11 is 1.52. The minimum atomic E-state index is -0.656. The van der Waals surface area contributed by atoms with Gasteiger partial charge in [-0.3, -0.25) is 9.36 Å². The van der Waals surface area contributed by atoms with E-state index < -0.39 is 6.04 Å². The third-order valence-electron chi connectivity index (χ3n) is 3.63. The summed E-state index contributed by atoms with van der Waals surface area (Å²) in [4.78, 5) is 30.7. The van der Waals surface area contributed by atoms with Crippen LogP contribution in [0.2, 0.25) is 0 Å². The number of unbranched alkanes of at least 4 members (excludes halogenated alkanes) is 2. The highest BCUT2D eigenvalue weighted by Crippen LogP contribution is 2.21. The van der Waals surface area contributed by atoms with E-state index in [9.17, 15) is 9.59 Å². The standard InChI is InChI=1S/C16H22N2O3S/c1-4-6-7-8-21-16(20)11(3)18-10-17-14-13(15(18)19)9-12(5-2)22-14/h9-11H,4-8H2,1-3H3. The van der Waals surface area contributed by atoms with E-state index in [0.29, 0.717) is 12.0 Å². The average Bonchev–Trinajstić information content (AvgIpc) is 2.95. The molecule has 2 rings (SSSR count). The van der Waals surface area contributed by atoms with Crippen molar-refractivity contribution in [1.29, 1.82) is 0 Å².